The van der Waals surface area contributed by atoms with E-state index in [1.807, 2.05) is 56.3 Å². The lowest BCUT2D eigenvalue weighted by atomic mass is 10.1. The normalized spacial score (nSPS) is 11.8. The van der Waals surface area contributed by atoms with Gasteiger partial charge in [-0.3, -0.25) is 0 Å². The summed E-state index contributed by atoms with van der Waals surface area (Å²) in [6, 6.07) is 13.6. The number of aromatic nitrogens is 4. The van der Waals surface area contributed by atoms with Gasteiger partial charge in [0.25, 0.3) is 0 Å². The highest BCUT2D eigenvalue weighted by atomic mass is 16.5. The molecule has 27 heavy (non-hydrogen) atoms. The molecule has 1 aromatic carbocycles. The third kappa shape index (κ3) is 3.48. The molecule has 0 aliphatic carbocycles. The molecule has 0 aliphatic rings. The van der Waals surface area contributed by atoms with Gasteiger partial charge in [-0.15, -0.1) is 0 Å². The van der Waals surface area contributed by atoms with Crippen LogP contribution < -0.4 is 5.73 Å². The molecule has 0 aliphatic heterocycles. The maximum atomic E-state index is 5.92. The summed E-state index contributed by atoms with van der Waals surface area (Å²) in [5.74, 6) is 7.56. The molecule has 0 saturated carbocycles. The molecule has 1 atom stereocenters. The number of nitrogen functional groups attached to an aromatic ring is 1. The number of hydrogen-bond acceptors (Lipinski definition) is 6. The van der Waals surface area contributed by atoms with E-state index in [9.17, 15) is 0 Å². The van der Waals surface area contributed by atoms with Crippen LogP contribution in [0.5, 0.6) is 0 Å². The van der Waals surface area contributed by atoms with Gasteiger partial charge in [-0.1, -0.05) is 29.1 Å². The van der Waals surface area contributed by atoms with Crippen molar-refractivity contribution in [2.45, 2.75) is 19.8 Å². The van der Waals surface area contributed by atoms with Crippen LogP contribution in [-0.2, 0) is 0 Å². The van der Waals surface area contributed by atoms with E-state index in [1.165, 1.54) is 6.33 Å². The van der Waals surface area contributed by atoms with E-state index in [-0.39, 0.29) is 5.92 Å². The van der Waals surface area contributed by atoms with Crippen LogP contribution in [0.3, 0.4) is 0 Å². The average molecular weight is 355 g/mol. The fourth-order valence-corrected chi connectivity index (χ4v) is 2.73. The van der Waals surface area contributed by atoms with Gasteiger partial charge in [-0.25, -0.2) is 15.0 Å². The van der Waals surface area contributed by atoms with Crippen LogP contribution in [0.4, 0.5) is 5.82 Å². The predicted molar refractivity (Wildman–Crippen MR) is 104 cm³/mol. The summed E-state index contributed by atoms with van der Waals surface area (Å²) in [5, 5.41) is 4.02. The third-order valence-electron chi connectivity index (χ3n) is 4.19. The van der Waals surface area contributed by atoms with E-state index in [0.29, 0.717) is 11.3 Å². The fraction of sp³-hybridized carbons (Fsp3) is 0.143. The molecule has 132 valence electrons. The molecule has 0 fully saturated rings. The van der Waals surface area contributed by atoms with Gasteiger partial charge in [0.1, 0.15) is 17.6 Å². The molecule has 0 spiro atoms. The first-order valence-electron chi connectivity index (χ1n) is 8.52. The summed E-state index contributed by atoms with van der Waals surface area (Å²) in [5.41, 5.74) is 10.7. The molecule has 4 rings (SSSR count). The molecule has 2 N–H and O–H groups in total. The fourth-order valence-electron chi connectivity index (χ4n) is 2.73. The third-order valence-corrected chi connectivity index (χ3v) is 4.19. The summed E-state index contributed by atoms with van der Waals surface area (Å²) >= 11 is 0. The Labute approximate surface area is 156 Å². The predicted octanol–water partition coefficient (Wildman–Crippen LogP) is 3.73. The van der Waals surface area contributed by atoms with Gasteiger partial charge in [-0.2, -0.15) is 0 Å². The molecule has 6 heteroatoms. The minimum absolute atomic E-state index is 0.0122. The van der Waals surface area contributed by atoms with Gasteiger partial charge in [0, 0.05) is 17.2 Å². The largest absolute Gasteiger partial charge is 0.382 e. The van der Waals surface area contributed by atoms with E-state index >= 15 is 0 Å². The van der Waals surface area contributed by atoms with Crippen molar-refractivity contribution in [3.63, 3.8) is 0 Å². The average Bonchev–Trinajstić information content (AvgIpc) is 3.13. The van der Waals surface area contributed by atoms with Gasteiger partial charge in [0.05, 0.1) is 22.8 Å². The number of benzene rings is 1. The van der Waals surface area contributed by atoms with Gasteiger partial charge in [0.15, 0.2) is 5.82 Å². The molecule has 0 radical (unpaired) electrons. The molecule has 3 aromatic heterocycles. The Kier molecular flexibility index (Phi) is 4.27. The van der Waals surface area contributed by atoms with Crippen LogP contribution in [0.2, 0.25) is 0 Å². The van der Waals surface area contributed by atoms with Gasteiger partial charge >= 0.3 is 0 Å². The quantitative estimate of drug-likeness (QED) is 0.551. The minimum Gasteiger partial charge on any atom is -0.382 e. The molecule has 6 nitrogen and oxygen atoms in total. The van der Waals surface area contributed by atoms with E-state index in [4.69, 9.17) is 10.3 Å². The van der Waals surface area contributed by atoms with E-state index in [0.717, 1.165) is 33.8 Å². The Balaban J connectivity index is 1.65. The minimum atomic E-state index is -0.0122. The van der Waals surface area contributed by atoms with Crippen molar-refractivity contribution < 1.29 is 4.52 Å². The highest BCUT2D eigenvalue weighted by molar-refractivity contribution is 5.85. The summed E-state index contributed by atoms with van der Waals surface area (Å²) in [6.45, 7) is 3.87. The van der Waals surface area contributed by atoms with Crippen molar-refractivity contribution >= 4 is 16.9 Å². The number of anilines is 1. The second-order valence-electron chi connectivity index (χ2n) is 6.26. The van der Waals surface area contributed by atoms with Crippen LogP contribution in [-0.4, -0.2) is 20.1 Å². The first-order chi connectivity index (χ1) is 13.1. The Morgan fingerprint density at radius 1 is 1.11 bits per heavy atom. The van der Waals surface area contributed by atoms with Crippen molar-refractivity contribution in [1.82, 2.24) is 20.1 Å². The smallest absolute Gasteiger partial charge is 0.153 e. The number of hydrogen-bond donors (Lipinski definition) is 1. The summed E-state index contributed by atoms with van der Waals surface area (Å²) in [7, 11) is 0. The Bertz CT molecular complexity index is 1190. The van der Waals surface area contributed by atoms with Crippen molar-refractivity contribution in [1.29, 1.82) is 0 Å². The molecule has 3 heterocycles. The van der Waals surface area contributed by atoms with E-state index in [2.05, 4.69) is 31.9 Å². The SMILES string of the molecule is Cc1cc([C@@H](C)C#Cc2cccc(-c3ccc4ncnc(N)c4n3)c2)no1. The zero-order chi connectivity index (χ0) is 18.8. The summed E-state index contributed by atoms with van der Waals surface area (Å²) in [6.07, 6.45) is 1.44. The van der Waals surface area contributed by atoms with Crippen molar-refractivity contribution in [3.8, 4) is 23.1 Å². The van der Waals surface area contributed by atoms with Crippen LogP contribution in [0.25, 0.3) is 22.3 Å². The molecule has 0 saturated heterocycles. The Morgan fingerprint density at radius 3 is 2.81 bits per heavy atom. The zero-order valence-electron chi connectivity index (χ0n) is 15.0. The molecule has 0 amide bonds. The molecule has 0 unspecified atom stereocenters. The van der Waals surface area contributed by atoms with Crippen molar-refractivity contribution in [3.05, 3.63) is 65.8 Å². The first-order valence-corrected chi connectivity index (χ1v) is 8.52. The van der Waals surface area contributed by atoms with Crippen LogP contribution in [0.1, 0.15) is 29.9 Å². The number of rotatable bonds is 2. The van der Waals surface area contributed by atoms with Gasteiger partial charge < -0.3 is 10.3 Å². The standard InChI is InChI=1S/C21H17N5O/c1-13(19-10-14(2)27-26-19)6-7-15-4-3-5-16(11-15)17-8-9-18-20(25-17)21(22)24-12-23-18/h3-5,8-13H,1-2H3,(H2,22,23,24)/t13-/m0/s1. The lowest BCUT2D eigenvalue weighted by Crippen LogP contribution is -1.96. The number of aryl methyl sites for hydroxylation is 1. The Morgan fingerprint density at radius 2 is 2.00 bits per heavy atom. The highest BCUT2D eigenvalue weighted by Gasteiger charge is 2.08. The Hall–Kier alpha value is -3.72. The van der Waals surface area contributed by atoms with E-state index in [1.54, 1.807) is 0 Å². The van der Waals surface area contributed by atoms with Gasteiger partial charge in [0.2, 0.25) is 0 Å². The topological polar surface area (TPSA) is 90.7 Å². The highest BCUT2D eigenvalue weighted by Crippen LogP contribution is 2.23. The second kappa shape index (κ2) is 6.89. The molecular weight excluding hydrogens is 338 g/mol. The van der Waals surface area contributed by atoms with Crippen LogP contribution >= 0.6 is 0 Å². The number of nitrogens with zero attached hydrogens (tertiary/aromatic N) is 4. The maximum absolute atomic E-state index is 5.92. The first kappa shape index (κ1) is 16.7. The summed E-state index contributed by atoms with van der Waals surface area (Å²) in [4.78, 5) is 12.8. The molecular formula is C21H17N5O. The summed E-state index contributed by atoms with van der Waals surface area (Å²) < 4.78 is 5.11. The van der Waals surface area contributed by atoms with Crippen molar-refractivity contribution in [2.75, 3.05) is 5.73 Å². The maximum Gasteiger partial charge on any atom is 0.153 e. The zero-order valence-corrected chi connectivity index (χ0v) is 15.0. The van der Waals surface area contributed by atoms with Crippen LogP contribution in [0.15, 0.2) is 53.3 Å². The second-order valence-corrected chi connectivity index (χ2v) is 6.26. The number of nitrogens with two attached hydrogens (primary N) is 1. The van der Waals surface area contributed by atoms with Crippen LogP contribution in [0, 0.1) is 18.8 Å². The number of pyridine rings is 1. The van der Waals surface area contributed by atoms with E-state index < -0.39 is 0 Å². The molecule has 4 aromatic rings. The van der Waals surface area contributed by atoms with Gasteiger partial charge in [-0.05, 0) is 38.1 Å². The lowest BCUT2D eigenvalue weighted by molar-refractivity contribution is 0.389. The number of fused-ring (bicyclic) bond motifs is 1. The molecule has 0 bridgehead atoms. The lowest BCUT2D eigenvalue weighted by Gasteiger charge is -2.05. The monoisotopic (exact) mass is 355 g/mol. The van der Waals surface area contributed by atoms with Crippen molar-refractivity contribution in [2.24, 2.45) is 0 Å².